The van der Waals surface area contributed by atoms with Gasteiger partial charge in [-0.15, -0.1) is 0 Å². The summed E-state index contributed by atoms with van der Waals surface area (Å²) < 4.78 is 10.3. The standard InChI is InChI=1S/C16H23NO3/c1-3-20-16(18)14-11-13-7-4-5-8-15(13)17(12-14)9-6-10-19-2/h4-5,7-8,14H,3,6,9-12H2,1-2H3. The number of nitrogens with zero attached hydrogens (tertiary/aromatic N) is 1. The summed E-state index contributed by atoms with van der Waals surface area (Å²) in [4.78, 5) is 14.3. The maximum atomic E-state index is 12.0. The van der Waals surface area contributed by atoms with Gasteiger partial charge in [0.1, 0.15) is 0 Å². The summed E-state index contributed by atoms with van der Waals surface area (Å²) in [5.74, 6) is -0.147. The molecule has 0 amide bonds. The van der Waals surface area contributed by atoms with E-state index in [0.29, 0.717) is 6.61 Å². The van der Waals surface area contributed by atoms with E-state index >= 15 is 0 Å². The molecule has 1 atom stereocenters. The molecule has 0 spiro atoms. The van der Waals surface area contributed by atoms with Crippen LogP contribution >= 0.6 is 0 Å². The third-order valence-corrected chi connectivity index (χ3v) is 3.64. The van der Waals surface area contributed by atoms with Crippen LogP contribution in [0.1, 0.15) is 18.9 Å². The van der Waals surface area contributed by atoms with Crippen LogP contribution in [0, 0.1) is 5.92 Å². The fourth-order valence-corrected chi connectivity index (χ4v) is 2.72. The number of benzene rings is 1. The van der Waals surface area contributed by atoms with Crippen molar-refractivity contribution >= 4 is 11.7 Å². The fraction of sp³-hybridized carbons (Fsp3) is 0.562. The maximum absolute atomic E-state index is 12.0. The van der Waals surface area contributed by atoms with Crippen LogP contribution in [0.15, 0.2) is 24.3 Å². The van der Waals surface area contributed by atoms with Crippen LogP contribution in [0.4, 0.5) is 5.69 Å². The van der Waals surface area contributed by atoms with Crippen molar-refractivity contribution in [1.29, 1.82) is 0 Å². The molecule has 20 heavy (non-hydrogen) atoms. The third kappa shape index (κ3) is 3.51. The molecular formula is C16H23NO3. The lowest BCUT2D eigenvalue weighted by Gasteiger charge is -2.35. The van der Waals surface area contributed by atoms with E-state index in [1.54, 1.807) is 7.11 Å². The number of carbonyl (C=O) groups is 1. The van der Waals surface area contributed by atoms with Gasteiger partial charge in [-0.05, 0) is 31.4 Å². The number of carbonyl (C=O) groups excluding carboxylic acids is 1. The highest BCUT2D eigenvalue weighted by Gasteiger charge is 2.29. The molecule has 0 fully saturated rings. The number of anilines is 1. The molecule has 1 aliphatic rings. The zero-order valence-corrected chi connectivity index (χ0v) is 12.3. The SMILES string of the molecule is CCOC(=O)C1Cc2ccccc2N(CCCOC)C1. The summed E-state index contributed by atoms with van der Waals surface area (Å²) in [5.41, 5.74) is 2.47. The molecule has 1 aromatic rings. The van der Waals surface area contributed by atoms with Crippen LogP contribution in [-0.2, 0) is 20.7 Å². The number of hydrogen-bond acceptors (Lipinski definition) is 4. The van der Waals surface area contributed by atoms with Crippen molar-refractivity contribution in [2.75, 3.05) is 38.3 Å². The van der Waals surface area contributed by atoms with Gasteiger partial charge in [-0.3, -0.25) is 4.79 Å². The highest BCUT2D eigenvalue weighted by molar-refractivity contribution is 5.75. The lowest BCUT2D eigenvalue weighted by atomic mass is 9.92. The first-order valence-electron chi connectivity index (χ1n) is 7.24. The van der Waals surface area contributed by atoms with Gasteiger partial charge >= 0.3 is 5.97 Å². The lowest BCUT2D eigenvalue weighted by molar-refractivity contribution is -0.147. The first kappa shape index (κ1) is 14.9. The Morgan fingerprint density at radius 1 is 1.40 bits per heavy atom. The van der Waals surface area contributed by atoms with Crippen molar-refractivity contribution < 1.29 is 14.3 Å². The topological polar surface area (TPSA) is 38.8 Å². The molecule has 1 aliphatic heterocycles. The van der Waals surface area contributed by atoms with Gasteiger partial charge in [-0.2, -0.15) is 0 Å². The van der Waals surface area contributed by atoms with Crippen LogP contribution < -0.4 is 4.90 Å². The quantitative estimate of drug-likeness (QED) is 0.590. The Morgan fingerprint density at radius 2 is 2.20 bits per heavy atom. The molecule has 0 radical (unpaired) electrons. The summed E-state index contributed by atoms with van der Waals surface area (Å²) in [6, 6.07) is 8.31. The maximum Gasteiger partial charge on any atom is 0.311 e. The second-order valence-corrected chi connectivity index (χ2v) is 5.07. The molecule has 4 nitrogen and oxygen atoms in total. The number of hydrogen-bond donors (Lipinski definition) is 0. The van der Waals surface area contributed by atoms with E-state index < -0.39 is 0 Å². The van der Waals surface area contributed by atoms with E-state index in [1.807, 2.05) is 19.1 Å². The molecule has 110 valence electrons. The second kappa shape index (κ2) is 7.29. The van der Waals surface area contributed by atoms with Crippen LogP contribution in [0.3, 0.4) is 0 Å². The highest BCUT2D eigenvalue weighted by Crippen LogP contribution is 2.30. The normalized spacial score (nSPS) is 17.7. The second-order valence-electron chi connectivity index (χ2n) is 5.07. The monoisotopic (exact) mass is 277 g/mol. The van der Waals surface area contributed by atoms with Gasteiger partial charge in [-0.1, -0.05) is 18.2 Å². The largest absolute Gasteiger partial charge is 0.466 e. The van der Waals surface area contributed by atoms with Crippen molar-refractivity contribution in [2.45, 2.75) is 19.8 Å². The third-order valence-electron chi connectivity index (χ3n) is 3.64. The number of para-hydroxylation sites is 1. The molecule has 0 N–H and O–H groups in total. The average Bonchev–Trinajstić information content (AvgIpc) is 2.47. The molecule has 0 saturated carbocycles. The van der Waals surface area contributed by atoms with Crippen LogP contribution in [0.2, 0.25) is 0 Å². The Kier molecular flexibility index (Phi) is 5.41. The summed E-state index contributed by atoms with van der Waals surface area (Å²) >= 11 is 0. The summed E-state index contributed by atoms with van der Waals surface area (Å²) in [5, 5.41) is 0. The molecule has 1 heterocycles. The van der Waals surface area contributed by atoms with Gasteiger partial charge in [0.25, 0.3) is 0 Å². The van der Waals surface area contributed by atoms with Gasteiger partial charge < -0.3 is 14.4 Å². The van der Waals surface area contributed by atoms with E-state index in [4.69, 9.17) is 9.47 Å². The summed E-state index contributed by atoms with van der Waals surface area (Å²) in [6.45, 7) is 4.68. The zero-order chi connectivity index (χ0) is 14.4. The minimum Gasteiger partial charge on any atom is -0.466 e. The van der Waals surface area contributed by atoms with Crippen molar-refractivity contribution in [3.8, 4) is 0 Å². The van der Waals surface area contributed by atoms with Gasteiger partial charge in [0.15, 0.2) is 0 Å². The lowest BCUT2D eigenvalue weighted by Crippen LogP contribution is -2.40. The van der Waals surface area contributed by atoms with Crippen LogP contribution in [0.5, 0.6) is 0 Å². The minimum absolute atomic E-state index is 0.0626. The summed E-state index contributed by atoms with van der Waals surface area (Å²) in [7, 11) is 1.71. The molecule has 1 unspecified atom stereocenters. The molecule has 2 rings (SSSR count). The molecule has 0 aliphatic carbocycles. The Hall–Kier alpha value is -1.55. The van der Waals surface area contributed by atoms with Gasteiger partial charge in [-0.25, -0.2) is 0 Å². The Balaban J connectivity index is 2.11. The van der Waals surface area contributed by atoms with Crippen LogP contribution in [-0.4, -0.2) is 39.4 Å². The predicted octanol–water partition coefficient (Wildman–Crippen LogP) is 2.26. The van der Waals surface area contributed by atoms with Gasteiger partial charge in [0, 0.05) is 32.5 Å². The molecular weight excluding hydrogens is 254 g/mol. The summed E-state index contributed by atoms with van der Waals surface area (Å²) in [6.07, 6.45) is 1.73. The van der Waals surface area contributed by atoms with Crippen molar-refractivity contribution in [1.82, 2.24) is 0 Å². The first-order valence-corrected chi connectivity index (χ1v) is 7.24. The molecule has 4 heteroatoms. The Morgan fingerprint density at radius 3 is 2.95 bits per heavy atom. The Labute approximate surface area is 120 Å². The smallest absolute Gasteiger partial charge is 0.311 e. The fourth-order valence-electron chi connectivity index (χ4n) is 2.72. The molecule has 0 bridgehead atoms. The minimum atomic E-state index is -0.0845. The van der Waals surface area contributed by atoms with E-state index in [9.17, 15) is 4.79 Å². The number of fused-ring (bicyclic) bond motifs is 1. The van der Waals surface area contributed by atoms with Crippen LogP contribution in [0.25, 0.3) is 0 Å². The number of rotatable bonds is 6. The van der Waals surface area contributed by atoms with E-state index in [2.05, 4.69) is 17.0 Å². The van der Waals surface area contributed by atoms with Crippen molar-refractivity contribution in [2.24, 2.45) is 5.92 Å². The molecule has 1 aromatic carbocycles. The number of ether oxygens (including phenoxy) is 2. The van der Waals surface area contributed by atoms with E-state index in [1.165, 1.54) is 11.3 Å². The number of methoxy groups -OCH3 is 1. The van der Waals surface area contributed by atoms with Crippen molar-refractivity contribution in [3.63, 3.8) is 0 Å². The number of esters is 1. The molecule has 0 aromatic heterocycles. The first-order chi connectivity index (χ1) is 9.76. The molecule has 0 saturated heterocycles. The highest BCUT2D eigenvalue weighted by atomic mass is 16.5. The predicted molar refractivity (Wildman–Crippen MR) is 79.0 cm³/mol. The van der Waals surface area contributed by atoms with Gasteiger partial charge in [0.05, 0.1) is 12.5 Å². The van der Waals surface area contributed by atoms with Gasteiger partial charge in [0.2, 0.25) is 0 Å². The van der Waals surface area contributed by atoms with E-state index in [0.717, 1.165) is 32.5 Å². The van der Waals surface area contributed by atoms with Crippen molar-refractivity contribution in [3.05, 3.63) is 29.8 Å². The average molecular weight is 277 g/mol. The zero-order valence-electron chi connectivity index (χ0n) is 12.3. The Bertz CT molecular complexity index is 447. The van der Waals surface area contributed by atoms with E-state index in [-0.39, 0.29) is 11.9 Å².